The van der Waals surface area contributed by atoms with Gasteiger partial charge in [0.1, 0.15) is 0 Å². The number of hydrogen-bond donors (Lipinski definition) is 0. The number of piperidine rings is 1. The lowest BCUT2D eigenvalue weighted by Gasteiger charge is -2.35. The third-order valence-electron chi connectivity index (χ3n) is 3.90. The molecule has 9 heteroatoms. The molecular formula is C12H20N4O4S. The van der Waals surface area contributed by atoms with Gasteiger partial charge >= 0.3 is 0 Å². The second-order valence-corrected chi connectivity index (χ2v) is 7.32. The van der Waals surface area contributed by atoms with E-state index in [0.717, 1.165) is 12.8 Å². The molecule has 0 aromatic carbocycles. The van der Waals surface area contributed by atoms with Gasteiger partial charge in [-0.1, -0.05) is 5.16 Å². The average Bonchev–Trinajstić information content (AvgIpc) is 2.95. The Balaban J connectivity index is 1.73. The van der Waals surface area contributed by atoms with Crippen molar-refractivity contribution in [2.24, 2.45) is 0 Å². The normalized spacial score (nSPS) is 26.0. The van der Waals surface area contributed by atoms with E-state index in [4.69, 9.17) is 9.26 Å². The molecule has 0 N–H and O–H groups in total. The number of rotatable bonds is 3. The second kappa shape index (κ2) is 5.99. The van der Waals surface area contributed by atoms with E-state index in [1.165, 1.54) is 8.61 Å². The lowest BCUT2D eigenvalue weighted by molar-refractivity contribution is 0.0694. The molecule has 0 bridgehead atoms. The molecule has 1 unspecified atom stereocenters. The van der Waals surface area contributed by atoms with Gasteiger partial charge in [0.05, 0.1) is 19.1 Å². The zero-order valence-electron chi connectivity index (χ0n) is 12.1. The Hall–Kier alpha value is -1.03. The molecule has 118 valence electrons. The van der Waals surface area contributed by atoms with Crippen LogP contribution in [-0.2, 0) is 14.9 Å². The Morgan fingerprint density at radius 3 is 2.62 bits per heavy atom. The SMILES string of the molecule is Cc1noc(C2CCCN(S(=O)(=O)N3CCOCC3)C2)n1. The van der Waals surface area contributed by atoms with E-state index in [2.05, 4.69) is 10.1 Å². The van der Waals surface area contributed by atoms with E-state index in [1.54, 1.807) is 6.92 Å². The maximum absolute atomic E-state index is 12.7. The Morgan fingerprint density at radius 2 is 1.95 bits per heavy atom. The van der Waals surface area contributed by atoms with Crippen molar-refractivity contribution in [3.05, 3.63) is 11.7 Å². The third-order valence-corrected chi connectivity index (χ3v) is 5.90. The fourth-order valence-corrected chi connectivity index (χ4v) is 4.44. The van der Waals surface area contributed by atoms with Crippen LogP contribution in [0.5, 0.6) is 0 Å². The fraction of sp³-hybridized carbons (Fsp3) is 0.833. The molecule has 2 aliphatic rings. The third kappa shape index (κ3) is 3.10. The van der Waals surface area contributed by atoms with Gasteiger partial charge in [-0.25, -0.2) is 0 Å². The van der Waals surface area contributed by atoms with Crippen molar-refractivity contribution in [2.45, 2.75) is 25.7 Å². The van der Waals surface area contributed by atoms with E-state index in [9.17, 15) is 8.42 Å². The summed E-state index contributed by atoms with van der Waals surface area (Å²) in [5.41, 5.74) is 0. The van der Waals surface area contributed by atoms with Gasteiger partial charge in [0.2, 0.25) is 5.89 Å². The summed E-state index contributed by atoms with van der Waals surface area (Å²) in [5.74, 6) is 1.10. The first-order valence-corrected chi connectivity index (χ1v) is 8.60. The molecule has 2 aliphatic heterocycles. The van der Waals surface area contributed by atoms with Gasteiger partial charge in [-0.15, -0.1) is 0 Å². The molecule has 1 aromatic rings. The fourth-order valence-electron chi connectivity index (χ4n) is 2.77. The van der Waals surface area contributed by atoms with Crippen LogP contribution in [0.1, 0.15) is 30.5 Å². The molecule has 0 aliphatic carbocycles. The highest BCUT2D eigenvalue weighted by Gasteiger charge is 2.36. The first kappa shape index (κ1) is 14.9. The van der Waals surface area contributed by atoms with Gasteiger partial charge in [-0.05, 0) is 19.8 Å². The van der Waals surface area contributed by atoms with Crippen LogP contribution in [0.3, 0.4) is 0 Å². The van der Waals surface area contributed by atoms with Crippen LogP contribution in [0.15, 0.2) is 4.52 Å². The van der Waals surface area contributed by atoms with Crippen LogP contribution in [0.25, 0.3) is 0 Å². The van der Waals surface area contributed by atoms with Gasteiger partial charge in [0.15, 0.2) is 5.82 Å². The van der Waals surface area contributed by atoms with Gasteiger partial charge < -0.3 is 9.26 Å². The molecule has 3 rings (SSSR count). The van der Waals surface area contributed by atoms with Crippen molar-refractivity contribution in [1.29, 1.82) is 0 Å². The van der Waals surface area contributed by atoms with Crippen LogP contribution >= 0.6 is 0 Å². The Morgan fingerprint density at radius 1 is 1.19 bits per heavy atom. The summed E-state index contributed by atoms with van der Waals surface area (Å²) in [6.07, 6.45) is 1.67. The monoisotopic (exact) mass is 316 g/mol. The Labute approximate surface area is 124 Å². The molecule has 2 fully saturated rings. The lowest BCUT2D eigenvalue weighted by atomic mass is 10.00. The molecule has 0 radical (unpaired) electrons. The van der Waals surface area contributed by atoms with Crippen LogP contribution in [0, 0.1) is 6.92 Å². The number of hydrogen-bond acceptors (Lipinski definition) is 6. The predicted molar refractivity (Wildman–Crippen MR) is 73.9 cm³/mol. The summed E-state index contributed by atoms with van der Waals surface area (Å²) in [6, 6.07) is 0. The van der Waals surface area contributed by atoms with Crippen molar-refractivity contribution in [2.75, 3.05) is 39.4 Å². The molecule has 8 nitrogen and oxygen atoms in total. The van der Waals surface area contributed by atoms with E-state index in [0.29, 0.717) is 51.1 Å². The van der Waals surface area contributed by atoms with Crippen LogP contribution in [-0.4, -0.2) is 66.6 Å². The maximum atomic E-state index is 12.7. The molecule has 21 heavy (non-hydrogen) atoms. The smallest absolute Gasteiger partial charge is 0.282 e. The quantitative estimate of drug-likeness (QED) is 0.788. The van der Waals surface area contributed by atoms with Gasteiger partial charge in [0.25, 0.3) is 10.2 Å². The standard InChI is InChI=1S/C12H20N4O4S/c1-10-13-12(20-14-10)11-3-2-4-16(9-11)21(17,18)15-5-7-19-8-6-15/h11H,2-9H2,1H3. The second-order valence-electron chi connectivity index (χ2n) is 5.40. The summed E-state index contributed by atoms with van der Waals surface area (Å²) >= 11 is 0. The summed E-state index contributed by atoms with van der Waals surface area (Å²) in [4.78, 5) is 4.23. The largest absolute Gasteiger partial charge is 0.379 e. The van der Waals surface area contributed by atoms with Crippen LogP contribution in [0.4, 0.5) is 0 Å². The first-order valence-electron chi connectivity index (χ1n) is 7.20. The molecule has 1 aromatic heterocycles. The van der Waals surface area contributed by atoms with Gasteiger partial charge in [-0.3, -0.25) is 0 Å². The summed E-state index contributed by atoms with van der Waals surface area (Å²) < 4.78 is 38.7. The lowest BCUT2D eigenvalue weighted by Crippen LogP contribution is -2.51. The minimum atomic E-state index is -3.42. The zero-order chi connectivity index (χ0) is 14.9. The Kier molecular flexibility index (Phi) is 4.25. The first-order chi connectivity index (χ1) is 10.1. The van der Waals surface area contributed by atoms with Crippen LogP contribution < -0.4 is 0 Å². The molecule has 1 atom stereocenters. The number of morpholine rings is 1. The predicted octanol–water partition coefficient (Wildman–Crippen LogP) is 0.134. The van der Waals surface area contributed by atoms with Gasteiger partial charge in [-0.2, -0.15) is 22.0 Å². The highest BCUT2D eigenvalue weighted by Crippen LogP contribution is 2.28. The van der Waals surface area contributed by atoms with E-state index < -0.39 is 10.2 Å². The summed E-state index contributed by atoms with van der Waals surface area (Å²) in [7, 11) is -3.42. The minimum absolute atomic E-state index is 0.0178. The number of aromatic nitrogens is 2. The topological polar surface area (TPSA) is 88.8 Å². The number of ether oxygens (including phenoxy) is 1. The molecule has 3 heterocycles. The molecule has 0 spiro atoms. The molecule has 0 amide bonds. The number of nitrogens with zero attached hydrogens (tertiary/aromatic N) is 4. The number of aryl methyl sites for hydroxylation is 1. The van der Waals surface area contributed by atoms with Crippen molar-refractivity contribution in [1.82, 2.24) is 18.8 Å². The highest BCUT2D eigenvalue weighted by atomic mass is 32.2. The summed E-state index contributed by atoms with van der Waals surface area (Å²) in [6.45, 7) is 4.47. The van der Waals surface area contributed by atoms with Crippen molar-refractivity contribution >= 4 is 10.2 Å². The zero-order valence-corrected chi connectivity index (χ0v) is 12.9. The van der Waals surface area contributed by atoms with Crippen molar-refractivity contribution in [3.8, 4) is 0 Å². The minimum Gasteiger partial charge on any atom is -0.379 e. The molecular weight excluding hydrogens is 296 g/mol. The average molecular weight is 316 g/mol. The Bertz CT molecular complexity index is 582. The highest BCUT2D eigenvalue weighted by molar-refractivity contribution is 7.86. The van der Waals surface area contributed by atoms with E-state index >= 15 is 0 Å². The van der Waals surface area contributed by atoms with Crippen molar-refractivity contribution < 1.29 is 17.7 Å². The van der Waals surface area contributed by atoms with E-state index in [-0.39, 0.29) is 5.92 Å². The summed E-state index contributed by atoms with van der Waals surface area (Å²) in [5, 5.41) is 3.79. The van der Waals surface area contributed by atoms with Crippen LogP contribution in [0.2, 0.25) is 0 Å². The van der Waals surface area contributed by atoms with Gasteiger partial charge in [0, 0.05) is 26.2 Å². The van der Waals surface area contributed by atoms with E-state index in [1.807, 2.05) is 0 Å². The van der Waals surface area contributed by atoms with Crippen molar-refractivity contribution in [3.63, 3.8) is 0 Å². The molecule has 0 saturated carbocycles. The maximum Gasteiger partial charge on any atom is 0.282 e. The molecule has 2 saturated heterocycles.